The van der Waals surface area contributed by atoms with E-state index in [-0.39, 0.29) is 17.9 Å². The maximum absolute atomic E-state index is 12.9. The number of hydrogen-bond acceptors (Lipinski definition) is 4. The van der Waals surface area contributed by atoms with Gasteiger partial charge in [0.15, 0.2) is 0 Å². The third-order valence-corrected chi connectivity index (χ3v) is 5.47. The summed E-state index contributed by atoms with van der Waals surface area (Å²) in [5, 5.41) is 5.55. The zero-order valence-corrected chi connectivity index (χ0v) is 18.1. The van der Waals surface area contributed by atoms with Crippen molar-refractivity contribution >= 4 is 23.2 Å². The molecule has 0 saturated carbocycles. The van der Waals surface area contributed by atoms with Crippen LogP contribution in [0.25, 0.3) is 0 Å². The molecule has 0 bridgehead atoms. The molecule has 0 spiro atoms. The number of rotatable bonds is 6. The Morgan fingerprint density at radius 3 is 2.12 bits per heavy atom. The quantitative estimate of drug-likeness (QED) is 0.706. The molecule has 1 fully saturated rings. The van der Waals surface area contributed by atoms with Gasteiger partial charge in [0, 0.05) is 51.0 Å². The monoisotopic (exact) mass is 448 g/mol. The highest BCUT2D eigenvalue weighted by atomic mass is 19.4. The van der Waals surface area contributed by atoms with Crippen LogP contribution in [-0.2, 0) is 22.3 Å². The topological polar surface area (TPSA) is 64.7 Å². The van der Waals surface area contributed by atoms with E-state index in [4.69, 9.17) is 0 Å². The van der Waals surface area contributed by atoms with E-state index in [0.29, 0.717) is 49.7 Å². The average molecular weight is 448 g/mol. The Kier molecular flexibility index (Phi) is 7.52. The predicted molar refractivity (Wildman–Crippen MR) is 117 cm³/mol. The minimum Gasteiger partial charge on any atom is -0.326 e. The van der Waals surface area contributed by atoms with Gasteiger partial charge in [0.05, 0.1) is 11.6 Å². The molecule has 0 aliphatic carbocycles. The second-order valence-corrected chi connectivity index (χ2v) is 7.93. The largest absolute Gasteiger partial charge is 0.416 e. The second kappa shape index (κ2) is 10.1. The minimum absolute atomic E-state index is 0.136. The fourth-order valence-electron chi connectivity index (χ4n) is 3.67. The van der Waals surface area contributed by atoms with Gasteiger partial charge in [-0.25, -0.2) is 0 Å². The summed E-state index contributed by atoms with van der Waals surface area (Å²) in [7, 11) is 0. The van der Waals surface area contributed by atoms with Crippen LogP contribution in [0.3, 0.4) is 0 Å². The first-order valence-electron chi connectivity index (χ1n) is 10.4. The number of halogens is 3. The van der Waals surface area contributed by atoms with Crippen molar-refractivity contribution in [3.8, 4) is 0 Å². The fraction of sp³-hybridized carbons (Fsp3) is 0.391. The van der Waals surface area contributed by atoms with Crippen molar-refractivity contribution in [1.82, 2.24) is 9.80 Å². The molecule has 1 aliphatic heterocycles. The summed E-state index contributed by atoms with van der Waals surface area (Å²) in [4.78, 5) is 27.9. The number of nitrogens with zero attached hydrogens (tertiary/aromatic N) is 2. The Labute approximate surface area is 185 Å². The summed E-state index contributed by atoms with van der Waals surface area (Å²) in [6, 6.07) is 11.9. The molecule has 0 radical (unpaired) electrons. The molecular formula is C23H27F3N4O2. The van der Waals surface area contributed by atoms with E-state index in [0.717, 1.165) is 6.07 Å². The Hall–Kier alpha value is -2.91. The maximum Gasteiger partial charge on any atom is 0.416 e. The smallest absolute Gasteiger partial charge is 0.326 e. The normalized spacial score (nSPS) is 16.4. The molecule has 2 N–H and O–H groups in total. The van der Waals surface area contributed by atoms with E-state index in [1.807, 2.05) is 6.92 Å². The van der Waals surface area contributed by atoms with Crippen LogP contribution in [0.2, 0.25) is 0 Å². The third-order valence-electron chi connectivity index (χ3n) is 5.47. The van der Waals surface area contributed by atoms with Gasteiger partial charge in [-0.2, -0.15) is 13.2 Å². The molecule has 2 aromatic carbocycles. The number of nitrogens with one attached hydrogen (secondary N) is 2. The van der Waals surface area contributed by atoms with Gasteiger partial charge < -0.3 is 10.6 Å². The zero-order valence-electron chi connectivity index (χ0n) is 18.1. The van der Waals surface area contributed by atoms with E-state index in [1.54, 1.807) is 30.3 Å². The number of hydrogen-bond donors (Lipinski definition) is 2. The predicted octanol–water partition coefficient (Wildman–Crippen LogP) is 3.81. The molecule has 1 atom stereocenters. The van der Waals surface area contributed by atoms with Gasteiger partial charge in [0.1, 0.15) is 0 Å². The number of piperazine rings is 1. The van der Waals surface area contributed by atoms with Gasteiger partial charge in [0.25, 0.3) is 0 Å². The molecule has 1 unspecified atom stereocenters. The SMILES string of the molecule is CC(=O)Nc1ccc(NC(=O)C(C)N2CCN(Cc3cccc(C(F)(F)F)c3)CC2)cc1. The average Bonchev–Trinajstić information content (AvgIpc) is 2.74. The summed E-state index contributed by atoms with van der Waals surface area (Å²) in [5.41, 5.74) is 1.28. The van der Waals surface area contributed by atoms with Crippen LogP contribution >= 0.6 is 0 Å². The summed E-state index contributed by atoms with van der Waals surface area (Å²) >= 11 is 0. The van der Waals surface area contributed by atoms with Crippen molar-refractivity contribution in [2.24, 2.45) is 0 Å². The van der Waals surface area contributed by atoms with Crippen LogP contribution in [0.4, 0.5) is 24.5 Å². The summed E-state index contributed by atoms with van der Waals surface area (Å²) in [6.07, 6.45) is -4.35. The first-order chi connectivity index (χ1) is 15.1. The highest BCUT2D eigenvalue weighted by Gasteiger charge is 2.31. The highest BCUT2D eigenvalue weighted by Crippen LogP contribution is 2.29. The van der Waals surface area contributed by atoms with Crippen molar-refractivity contribution in [3.05, 3.63) is 59.7 Å². The fourth-order valence-corrected chi connectivity index (χ4v) is 3.67. The van der Waals surface area contributed by atoms with Crippen molar-refractivity contribution < 1.29 is 22.8 Å². The third kappa shape index (κ3) is 6.54. The van der Waals surface area contributed by atoms with Crippen LogP contribution in [0.15, 0.2) is 48.5 Å². The van der Waals surface area contributed by atoms with Crippen molar-refractivity contribution in [3.63, 3.8) is 0 Å². The summed E-state index contributed by atoms with van der Waals surface area (Å²) in [6.45, 7) is 6.34. The number of benzene rings is 2. The van der Waals surface area contributed by atoms with E-state index < -0.39 is 11.7 Å². The number of carbonyl (C=O) groups is 2. The second-order valence-electron chi connectivity index (χ2n) is 7.93. The molecule has 1 aliphatic rings. The van der Waals surface area contributed by atoms with Crippen LogP contribution in [0, 0.1) is 0 Å². The van der Waals surface area contributed by atoms with E-state index in [1.165, 1.54) is 19.1 Å². The first-order valence-corrected chi connectivity index (χ1v) is 10.4. The van der Waals surface area contributed by atoms with Gasteiger partial charge in [0.2, 0.25) is 11.8 Å². The van der Waals surface area contributed by atoms with Gasteiger partial charge in [-0.1, -0.05) is 18.2 Å². The number of alkyl halides is 3. The zero-order chi connectivity index (χ0) is 23.3. The van der Waals surface area contributed by atoms with E-state index in [2.05, 4.69) is 20.4 Å². The maximum atomic E-state index is 12.9. The molecule has 1 saturated heterocycles. The van der Waals surface area contributed by atoms with Crippen LogP contribution in [-0.4, -0.2) is 53.8 Å². The van der Waals surface area contributed by atoms with Gasteiger partial charge in [-0.15, -0.1) is 0 Å². The molecule has 3 rings (SSSR count). The first kappa shape index (κ1) is 23.7. The van der Waals surface area contributed by atoms with Crippen molar-refractivity contribution in [2.45, 2.75) is 32.6 Å². The van der Waals surface area contributed by atoms with E-state index in [9.17, 15) is 22.8 Å². The lowest BCUT2D eigenvalue weighted by Gasteiger charge is -2.37. The lowest BCUT2D eigenvalue weighted by Crippen LogP contribution is -2.52. The summed E-state index contributed by atoms with van der Waals surface area (Å²) in [5.74, 6) is -0.300. The minimum atomic E-state index is -4.35. The number of carbonyl (C=O) groups excluding carboxylic acids is 2. The molecule has 2 aromatic rings. The van der Waals surface area contributed by atoms with Gasteiger partial charge >= 0.3 is 6.18 Å². The molecule has 0 aromatic heterocycles. The molecule has 2 amide bonds. The van der Waals surface area contributed by atoms with Gasteiger partial charge in [-0.05, 0) is 42.8 Å². The highest BCUT2D eigenvalue weighted by molar-refractivity contribution is 5.95. The molecule has 1 heterocycles. The van der Waals surface area contributed by atoms with Crippen molar-refractivity contribution in [2.75, 3.05) is 36.8 Å². The lowest BCUT2D eigenvalue weighted by atomic mass is 10.1. The van der Waals surface area contributed by atoms with Crippen LogP contribution < -0.4 is 10.6 Å². The Morgan fingerprint density at radius 1 is 0.969 bits per heavy atom. The number of anilines is 2. The van der Waals surface area contributed by atoms with Crippen LogP contribution in [0.1, 0.15) is 25.0 Å². The standard InChI is InChI=1S/C23H27F3N4O2/c1-16(22(32)28-21-8-6-20(7-9-21)27-17(2)31)30-12-10-29(11-13-30)15-18-4-3-5-19(14-18)23(24,25)26/h3-9,14,16H,10-13,15H2,1-2H3,(H,27,31)(H,28,32). The Balaban J connectivity index is 1.49. The lowest BCUT2D eigenvalue weighted by molar-refractivity contribution is -0.137. The molecule has 172 valence electrons. The Bertz CT molecular complexity index is 939. The van der Waals surface area contributed by atoms with E-state index >= 15 is 0 Å². The molecule has 32 heavy (non-hydrogen) atoms. The summed E-state index contributed by atoms with van der Waals surface area (Å²) < 4.78 is 38.7. The van der Waals surface area contributed by atoms with Crippen LogP contribution in [0.5, 0.6) is 0 Å². The number of amides is 2. The van der Waals surface area contributed by atoms with Crippen molar-refractivity contribution in [1.29, 1.82) is 0 Å². The Morgan fingerprint density at radius 2 is 1.56 bits per heavy atom. The van der Waals surface area contributed by atoms with Gasteiger partial charge in [-0.3, -0.25) is 19.4 Å². The molecular weight excluding hydrogens is 421 g/mol. The molecule has 6 nitrogen and oxygen atoms in total. The molecule has 9 heteroatoms.